The van der Waals surface area contributed by atoms with Crippen molar-refractivity contribution < 1.29 is 8.42 Å². The van der Waals surface area contributed by atoms with Crippen LogP contribution in [-0.4, -0.2) is 54.5 Å². The number of piperidine rings is 2. The third-order valence-corrected chi connectivity index (χ3v) is 8.06. The van der Waals surface area contributed by atoms with Crippen molar-refractivity contribution in [1.82, 2.24) is 14.2 Å². The summed E-state index contributed by atoms with van der Waals surface area (Å²) in [6.45, 7) is 6.83. The van der Waals surface area contributed by atoms with Gasteiger partial charge in [0.05, 0.1) is 5.75 Å². The lowest BCUT2D eigenvalue weighted by atomic mass is 9.79. The highest BCUT2D eigenvalue weighted by molar-refractivity contribution is 7.89. The molecule has 0 spiro atoms. The maximum Gasteiger partial charge on any atom is 0.214 e. The molecule has 2 fully saturated rings. The largest absolute Gasteiger partial charge is 0.299 e. The summed E-state index contributed by atoms with van der Waals surface area (Å²) in [5.41, 5.74) is 1.34. The van der Waals surface area contributed by atoms with Crippen molar-refractivity contribution in [1.29, 1.82) is 0 Å². The first kappa shape index (κ1) is 19.8. The molecule has 0 amide bonds. The van der Waals surface area contributed by atoms with E-state index >= 15 is 0 Å². The molecule has 2 aliphatic rings. The first-order chi connectivity index (χ1) is 12.6. The molecule has 3 rings (SSSR count). The Kier molecular flexibility index (Phi) is 7.06. The molecule has 0 bridgehead atoms. The monoisotopic (exact) mass is 379 g/mol. The lowest BCUT2D eigenvalue weighted by Gasteiger charge is -2.39. The summed E-state index contributed by atoms with van der Waals surface area (Å²) >= 11 is 0. The Bertz CT molecular complexity index is 634. The molecular weight excluding hydrogens is 346 g/mol. The van der Waals surface area contributed by atoms with Gasteiger partial charge in [0.1, 0.15) is 0 Å². The third kappa shape index (κ3) is 5.27. The van der Waals surface area contributed by atoms with Crippen LogP contribution in [0.5, 0.6) is 0 Å². The van der Waals surface area contributed by atoms with Gasteiger partial charge in [-0.25, -0.2) is 12.7 Å². The lowest BCUT2D eigenvalue weighted by molar-refractivity contribution is 0.113. The molecular formula is C20H33N3O2S. The minimum absolute atomic E-state index is 0.321. The van der Waals surface area contributed by atoms with Gasteiger partial charge in [-0.1, -0.05) is 13.3 Å². The maximum absolute atomic E-state index is 12.4. The summed E-state index contributed by atoms with van der Waals surface area (Å²) in [6.07, 6.45) is 10.0. The van der Waals surface area contributed by atoms with Crippen LogP contribution in [0.4, 0.5) is 0 Å². The summed E-state index contributed by atoms with van der Waals surface area (Å²) in [5, 5.41) is 0. The highest BCUT2D eigenvalue weighted by Crippen LogP contribution is 2.33. The van der Waals surface area contributed by atoms with Gasteiger partial charge in [0.25, 0.3) is 0 Å². The zero-order valence-corrected chi connectivity index (χ0v) is 16.8. The zero-order chi connectivity index (χ0) is 18.4. The molecule has 0 radical (unpaired) electrons. The Morgan fingerprint density at radius 2 is 1.58 bits per heavy atom. The quantitative estimate of drug-likeness (QED) is 0.730. The molecule has 2 aliphatic heterocycles. The van der Waals surface area contributed by atoms with Crippen LogP contribution in [0.15, 0.2) is 24.5 Å². The topological polar surface area (TPSA) is 53.5 Å². The minimum atomic E-state index is -3.02. The molecule has 1 aromatic rings. The summed E-state index contributed by atoms with van der Waals surface area (Å²) < 4.78 is 26.5. The Labute approximate surface area is 158 Å². The van der Waals surface area contributed by atoms with Gasteiger partial charge in [0, 0.05) is 32.0 Å². The molecule has 0 saturated carbocycles. The second-order valence-corrected chi connectivity index (χ2v) is 9.96. The summed E-state index contributed by atoms with van der Waals surface area (Å²) in [4.78, 5) is 6.62. The fourth-order valence-electron chi connectivity index (χ4n) is 4.41. The Hall–Kier alpha value is -0.980. The number of pyridine rings is 1. The van der Waals surface area contributed by atoms with Crippen molar-refractivity contribution in [2.45, 2.75) is 52.0 Å². The molecule has 5 nitrogen and oxygen atoms in total. The van der Waals surface area contributed by atoms with Gasteiger partial charge in [0.15, 0.2) is 0 Å². The van der Waals surface area contributed by atoms with Crippen LogP contribution in [0, 0.1) is 11.8 Å². The third-order valence-electron chi connectivity index (χ3n) is 6.10. The van der Waals surface area contributed by atoms with Gasteiger partial charge in [-0.2, -0.15) is 0 Å². The fourth-order valence-corrected chi connectivity index (χ4v) is 6.09. The molecule has 0 aliphatic carbocycles. The standard InChI is InChI=1S/C20H33N3O2S/c1-2-3-16-26(24,25)23-14-8-20(9-15-23)19-6-12-22(13-7-19)17-18-4-10-21-11-5-18/h4-5,10-11,19-20H,2-3,6-9,12-17H2,1H3. The number of sulfonamides is 1. The first-order valence-corrected chi connectivity index (χ1v) is 11.8. The molecule has 3 heterocycles. The van der Waals surface area contributed by atoms with E-state index in [0.717, 1.165) is 64.3 Å². The van der Waals surface area contributed by atoms with E-state index in [1.807, 2.05) is 19.3 Å². The van der Waals surface area contributed by atoms with Gasteiger partial charge in [-0.3, -0.25) is 9.88 Å². The van der Waals surface area contributed by atoms with Crippen LogP contribution >= 0.6 is 0 Å². The number of likely N-dealkylation sites (tertiary alicyclic amines) is 1. The number of hydrogen-bond donors (Lipinski definition) is 0. The Morgan fingerprint density at radius 1 is 1.00 bits per heavy atom. The second-order valence-electron chi connectivity index (χ2n) is 7.88. The van der Waals surface area contributed by atoms with E-state index in [2.05, 4.69) is 22.0 Å². The van der Waals surface area contributed by atoms with E-state index in [0.29, 0.717) is 11.7 Å². The van der Waals surface area contributed by atoms with E-state index < -0.39 is 10.0 Å². The number of rotatable bonds is 7. The van der Waals surface area contributed by atoms with Crippen LogP contribution in [0.3, 0.4) is 0 Å². The average molecular weight is 380 g/mol. The lowest BCUT2D eigenvalue weighted by Crippen LogP contribution is -2.43. The highest BCUT2D eigenvalue weighted by Gasteiger charge is 2.32. The summed E-state index contributed by atoms with van der Waals surface area (Å²) in [6, 6.07) is 4.20. The number of nitrogens with zero attached hydrogens (tertiary/aromatic N) is 3. The summed E-state index contributed by atoms with van der Waals surface area (Å²) in [7, 11) is -3.02. The van der Waals surface area contributed by atoms with Crippen molar-refractivity contribution in [3.8, 4) is 0 Å². The molecule has 146 valence electrons. The van der Waals surface area contributed by atoms with Crippen LogP contribution in [0.25, 0.3) is 0 Å². The van der Waals surface area contributed by atoms with E-state index in [1.165, 1.54) is 18.4 Å². The van der Waals surface area contributed by atoms with Crippen molar-refractivity contribution in [2.75, 3.05) is 31.9 Å². The van der Waals surface area contributed by atoms with Gasteiger partial charge in [-0.05, 0) is 74.7 Å². The second kappa shape index (κ2) is 9.29. The average Bonchev–Trinajstić information content (AvgIpc) is 2.68. The van der Waals surface area contributed by atoms with Crippen LogP contribution < -0.4 is 0 Å². The van der Waals surface area contributed by atoms with Crippen LogP contribution in [0.1, 0.15) is 51.0 Å². The van der Waals surface area contributed by atoms with E-state index in [9.17, 15) is 8.42 Å². The smallest absolute Gasteiger partial charge is 0.214 e. The maximum atomic E-state index is 12.4. The molecule has 0 unspecified atom stereocenters. The first-order valence-electron chi connectivity index (χ1n) is 10.2. The normalized spacial score (nSPS) is 21.9. The zero-order valence-electron chi connectivity index (χ0n) is 16.0. The fraction of sp³-hybridized carbons (Fsp3) is 0.750. The van der Waals surface area contributed by atoms with Crippen molar-refractivity contribution in [3.05, 3.63) is 30.1 Å². The number of aromatic nitrogens is 1. The SMILES string of the molecule is CCCCS(=O)(=O)N1CCC(C2CCN(Cc3ccncc3)CC2)CC1. The van der Waals surface area contributed by atoms with Crippen molar-refractivity contribution >= 4 is 10.0 Å². The van der Waals surface area contributed by atoms with E-state index in [4.69, 9.17) is 0 Å². The highest BCUT2D eigenvalue weighted by atomic mass is 32.2. The van der Waals surface area contributed by atoms with Crippen molar-refractivity contribution in [3.63, 3.8) is 0 Å². The molecule has 0 N–H and O–H groups in total. The van der Waals surface area contributed by atoms with Crippen LogP contribution in [-0.2, 0) is 16.6 Å². The molecule has 0 atom stereocenters. The van der Waals surface area contributed by atoms with E-state index in [-0.39, 0.29) is 0 Å². The number of hydrogen-bond acceptors (Lipinski definition) is 4. The summed E-state index contributed by atoms with van der Waals surface area (Å²) in [5.74, 6) is 1.79. The molecule has 1 aromatic heterocycles. The van der Waals surface area contributed by atoms with Gasteiger partial charge in [0.2, 0.25) is 10.0 Å². The predicted octanol–water partition coefficient (Wildman–Crippen LogP) is 3.14. The molecule has 6 heteroatoms. The molecule has 0 aromatic carbocycles. The van der Waals surface area contributed by atoms with Gasteiger partial charge in [-0.15, -0.1) is 0 Å². The Balaban J connectivity index is 1.42. The van der Waals surface area contributed by atoms with Gasteiger partial charge < -0.3 is 0 Å². The number of unbranched alkanes of at least 4 members (excludes halogenated alkanes) is 1. The molecule has 2 saturated heterocycles. The van der Waals surface area contributed by atoms with Crippen molar-refractivity contribution in [2.24, 2.45) is 11.8 Å². The van der Waals surface area contributed by atoms with Gasteiger partial charge >= 0.3 is 0 Å². The molecule has 26 heavy (non-hydrogen) atoms. The van der Waals surface area contributed by atoms with E-state index in [1.54, 1.807) is 4.31 Å². The Morgan fingerprint density at radius 3 is 2.15 bits per heavy atom. The minimum Gasteiger partial charge on any atom is -0.299 e. The van der Waals surface area contributed by atoms with Crippen LogP contribution in [0.2, 0.25) is 0 Å². The predicted molar refractivity (Wildman–Crippen MR) is 105 cm³/mol.